The monoisotopic (exact) mass is 334 g/mol. The first-order chi connectivity index (χ1) is 11.1. The van der Waals surface area contributed by atoms with Gasteiger partial charge in [0.2, 0.25) is 0 Å². The third kappa shape index (κ3) is 4.43. The van der Waals surface area contributed by atoms with Gasteiger partial charge in [0.1, 0.15) is 0 Å². The molecule has 2 heteroatoms. The first kappa shape index (κ1) is 18.5. The number of hydrogen-bond acceptors (Lipinski definition) is 2. The van der Waals surface area contributed by atoms with E-state index in [-0.39, 0.29) is 0 Å². The zero-order valence-corrected chi connectivity index (χ0v) is 16.7. The zero-order valence-electron chi connectivity index (χ0n) is 16.7. The molecule has 0 radical (unpaired) electrons. The molecule has 4 heterocycles. The predicted molar refractivity (Wildman–Crippen MR) is 100 cm³/mol. The highest BCUT2D eigenvalue weighted by Gasteiger charge is 2.39. The third-order valence-corrected chi connectivity index (χ3v) is 6.66. The number of rotatable bonds is 0. The van der Waals surface area contributed by atoms with Crippen molar-refractivity contribution in [3.05, 3.63) is 12.2 Å². The molecule has 4 aliphatic heterocycles. The van der Waals surface area contributed by atoms with Gasteiger partial charge in [-0.2, -0.15) is 0 Å². The Morgan fingerprint density at radius 2 is 1.04 bits per heavy atom. The van der Waals surface area contributed by atoms with Crippen molar-refractivity contribution in [3.8, 4) is 0 Å². The normalized spacial score (nSPS) is 41.1. The Hall–Kier alpha value is -0.340. The van der Waals surface area contributed by atoms with Crippen molar-refractivity contribution >= 4 is 0 Å². The molecule has 0 N–H and O–H groups in total. The number of ether oxygens (including phenoxy) is 2. The lowest BCUT2D eigenvalue weighted by Crippen LogP contribution is -2.33. The van der Waals surface area contributed by atoms with Crippen LogP contribution >= 0.6 is 0 Å². The topological polar surface area (TPSA) is 18.5 Å². The van der Waals surface area contributed by atoms with Gasteiger partial charge in [-0.3, -0.25) is 0 Å². The molecule has 3 saturated heterocycles. The van der Waals surface area contributed by atoms with Crippen molar-refractivity contribution in [2.45, 2.75) is 104 Å². The molecule has 4 aliphatic rings. The van der Waals surface area contributed by atoms with Crippen molar-refractivity contribution in [2.24, 2.45) is 22.7 Å². The van der Waals surface area contributed by atoms with Crippen LogP contribution in [0.5, 0.6) is 0 Å². The first-order valence-corrected chi connectivity index (χ1v) is 10.1. The highest BCUT2D eigenvalue weighted by molar-refractivity contribution is 5.07. The maximum Gasteiger partial charge on any atom is 0.0767 e. The lowest BCUT2D eigenvalue weighted by molar-refractivity contribution is -0.0443. The van der Waals surface area contributed by atoms with Crippen molar-refractivity contribution < 1.29 is 9.47 Å². The van der Waals surface area contributed by atoms with Gasteiger partial charge < -0.3 is 9.47 Å². The van der Waals surface area contributed by atoms with Crippen molar-refractivity contribution in [1.29, 1.82) is 0 Å². The molecular formula is C22H38O2. The summed E-state index contributed by atoms with van der Waals surface area (Å²) < 4.78 is 11.5. The molecule has 4 atom stereocenters. The van der Waals surface area contributed by atoms with E-state index in [2.05, 4.69) is 53.7 Å². The van der Waals surface area contributed by atoms with Gasteiger partial charge in [-0.25, -0.2) is 0 Å². The minimum absolute atomic E-state index is 0.424. The minimum Gasteiger partial charge on any atom is -0.375 e. The molecular weight excluding hydrogens is 296 g/mol. The molecule has 0 amide bonds. The van der Waals surface area contributed by atoms with E-state index >= 15 is 0 Å². The molecule has 4 rings (SSSR count). The van der Waals surface area contributed by atoms with Crippen LogP contribution < -0.4 is 0 Å². The Balaban J connectivity index is 0.000000141. The van der Waals surface area contributed by atoms with Crippen molar-refractivity contribution in [3.63, 3.8) is 0 Å². The first-order valence-electron chi connectivity index (χ1n) is 10.1. The number of fused-ring (bicyclic) bond motifs is 4. The van der Waals surface area contributed by atoms with Gasteiger partial charge in [-0.15, -0.1) is 0 Å². The fourth-order valence-corrected chi connectivity index (χ4v) is 4.76. The SMILES string of the molecule is CC(C)(C)C1CC2C=CC(C1)O2.CC(C)(C)C1CC2CCC(C1)O2. The van der Waals surface area contributed by atoms with Crippen LogP contribution in [0, 0.1) is 22.7 Å². The van der Waals surface area contributed by atoms with E-state index in [0.717, 1.165) is 11.8 Å². The molecule has 24 heavy (non-hydrogen) atoms. The van der Waals surface area contributed by atoms with Gasteiger partial charge in [0.25, 0.3) is 0 Å². The minimum atomic E-state index is 0.424. The van der Waals surface area contributed by atoms with Crippen LogP contribution in [0.4, 0.5) is 0 Å². The van der Waals surface area contributed by atoms with Gasteiger partial charge >= 0.3 is 0 Å². The zero-order chi connectivity index (χ0) is 17.5. The molecule has 2 nitrogen and oxygen atoms in total. The molecule has 0 spiro atoms. The summed E-state index contributed by atoms with van der Waals surface area (Å²) in [7, 11) is 0. The summed E-state index contributed by atoms with van der Waals surface area (Å²) in [5.41, 5.74) is 0.941. The molecule has 4 bridgehead atoms. The van der Waals surface area contributed by atoms with E-state index in [1.54, 1.807) is 0 Å². The third-order valence-electron chi connectivity index (χ3n) is 6.66. The summed E-state index contributed by atoms with van der Waals surface area (Å²) in [6, 6.07) is 0. The van der Waals surface area contributed by atoms with Crippen LogP contribution in [-0.4, -0.2) is 24.4 Å². The Labute approximate surface area is 149 Å². The Bertz CT molecular complexity index is 416. The molecule has 0 aliphatic carbocycles. The lowest BCUT2D eigenvalue weighted by Gasteiger charge is -2.37. The predicted octanol–water partition coefficient (Wildman–Crippen LogP) is 5.76. The van der Waals surface area contributed by atoms with Crippen LogP contribution in [0.1, 0.15) is 80.1 Å². The summed E-state index contributed by atoms with van der Waals surface area (Å²) in [6.07, 6.45) is 14.2. The number of hydrogen-bond donors (Lipinski definition) is 0. The standard InChI is InChI=1S/C11H20O.C11H18O/c2*1-11(2,3)8-6-9-4-5-10(7-8)12-9/h8-10H,4-7H2,1-3H3;4-5,8-10H,6-7H2,1-3H3. The quantitative estimate of drug-likeness (QED) is 0.525. The summed E-state index contributed by atoms with van der Waals surface area (Å²) in [4.78, 5) is 0. The van der Waals surface area contributed by atoms with Gasteiger partial charge in [0, 0.05) is 0 Å². The van der Waals surface area contributed by atoms with Crippen molar-refractivity contribution in [2.75, 3.05) is 0 Å². The van der Waals surface area contributed by atoms with Crippen LogP contribution in [0.25, 0.3) is 0 Å². The van der Waals surface area contributed by atoms with Gasteiger partial charge in [-0.05, 0) is 61.2 Å². The van der Waals surface area contributed by atoms with Gasteiger partial charge in [0.05, 0.1) is 24.4 Å². The highest BCUT2D eigenvalue weighted by Crippen LogP contribution is 2.43. The van der Waals surface area contributed by atoms with Crippen LogP contribution in [0.2, 0.25) is 0 Å². The molecule has 138 valence electrons. The average Bonchev–Trinajstić information content (AvgIpc) is 2.99. The summed E-state index contributed by atoms with van der Waals surface area (Å²) in [5.74, 6) is 1.72. The Kier molecular flexibility index (Phi) is 5.20. The van der Waals surface area contributed by atoms with Crippen LogP contribution in [0.3, 0.4) is 0 Å². The molecule has 0 aromatic rings. The van der Waals surface area contributed by atoms with E-state index in [1.165, 1.54) is 38.5 Å². The van der Waals surface area contributed by atoms with Crippen molar-refractivity contribution in [1.82, 2.24) is 0 Å². The van der Waals surface area contributed by atoms with E-state index in [4.69, 9.17) is 9.47 Å². The second kappa shape index (κ2) is 6.76. The molecule has 4 unspecified atom stereocenters. The molecule has 0 saturated carbocycles. The summed E-state index contributed by atoms with van der Waals surface area (Å²) in [5, 5.41) is 0. The van der Waals surface area contributed by atoms with Crippen LogP contribution in [0.15, 0.2) is 12.2 Å². The lowest BCUT2D eigenvalue weighted by atomic mass is 9.74. The fourth-order valence-electron chi connectivity index (χ4n) is 4.76. The van der Waals surface area contributed by atoms with E-state index in [1.807, 2.05) is 0 Å². The molecule has 3 fully saturated rings. The second-order valence-corrected chi connectivity index (χ2v) is 10.6. The van der Waals surface area contributed by atoms with Gasteiger partial charge in [0.15, 0.2) is 0 Å². The smallest absolute Gasteiger partial charge is 0.0767 e. The van der Waals surface area contributed by atoms with Crippen LogP contribution in [-0.2, 0) is 9.47 Å². The molecule has 0 aromatic heterocycles. The molecule has 0 aromatic carbocycles. The highest BCUT2D eigenvalue weighted by atomic mass is 16.5. The van der Waals surface area contributed by atoms with E-state index in [9.17, 15) is 0 Å². The Morgan fingerprint density at radius 1 is 0.625 bits per heavy atom. The second-order valence-electron chi connectivity index (χ2n) is 10.6. The van der Waals surface area contributed by atoms with E-state index < -0.39 is 0 Å². The average molecular weight is 335 g/mol. The maximum atomic E-state index is 5.82. The maximum absolute atomic E-state index is 5.82. The summed E-state index contributed by atoms with van der Waals surface area (Å²) in [6.45, 7) is 14.1. The van der Waals surface area contributed by atoms with E-state index in [0.29, 0.717) is 35.2 Å². The largest absolute Gasteiger partial charge is 0.375 e. The summed E-state index contributed by atoms with van der Waals surface area (Å²) >= 11 is 0. The van der Waals surface area contributed by atoms with Gasteiger partial charge in [-0.1, -0.05) is 53.7 Å². The fraction of sp³-hybridized carbons (Fsp3) is 0.909. The Morgan fingerprint density at radius 3 is 1.46 bits per heavy atom.